The van der Waals surface area contributed by atoms with Gasteiger partial charge in [0.15, 0.2) is 0 Å². The Bertz CT molecular complexity index is 626. The van der Waals surface area contributed by atoms with Gasteiger partial charge in [-0.05, 0) is 31.7 Å². The van der Waals surface area contributed by atoms with Crippen LogP contribution in [0.15, 0.2) is 30.3 Å². The van der Waals surface area contributed by atoms with Crippen LogP contribution in [0, 0.1) is 16.7 Å². The molecule has 1 aliphatic rings. The standard InChI is InChI=1S/C19H24N2O4/c1-2-24-17(22)19(10-6-12-20)11-7-13-21(15-19)18(23)25-14-16-8-4-3-5-9-16/h3-5,8-9H,2,6-7,10-11,13-15H2,1H3. The lowest BCUT2D eigenvalue weighted by atomic mass is 9.76. The van der Waals surface area contributed by atoms with E-state index in [1.807, 2.05) is 30.3 Å². The van der Waals surface area contributed by atoms with Crippen molar-refractivity contribution in [2.24, 2.45) is 5.41 Å². The summed E-state index contributed by atoms with van der Waals surface area (Å²) in [6.45, 7) is 3.01. The lowest BCUT2D eigenvalue weighted by molar-refractivity contribution is -0.159. The van der Waals surface area contributed by atoms with E-state index in [1.165, 1.54) is 0 Å². The second-order valence-corrected chi connectivity index (χ2v) is 6.22. The molecule has 0 saturated carbocycles. The zero-order chi connectivity index (χ0) is 18.1. The summed E-state index contributed by atoms with van der Waals surface area (Å²) in [5.74, 6) is -0.328. The first-order valence-electron chi connectivity index (χ1n) is 8.61. The highest BCUT2D eigenvalue weighted by Gasteiger charge is 2.44. The van der Waals surface area contributed by atoms with Gasteiger partial charge >= 0.3 is 12.1 Å². The number of rotatable bonds is 6. The van der Waals surface area contributed by atoms with Gasteiger partial charge in [0.05, 0.1) is 18.1 Å². The molecule has 0 N–H and O–H groups in total. The van der Waals surface area contributed by atoms with Crippen LogP contribution in [0.1, 0.15) is 38.2 Å². The minimum atomic E-state index is -0.810. The molecule has 134 valence electrons. The van der Waals surface area contributed by atoms with E-state index >= 15 is 0 Å². The first kappa shape index (κ1) is 18.8. The van der Waals surface area contributed by atoms with Gasteiger partial charge in [-0.3, -0.25) is 4.79 Å². The van der Waals surface area contributed by atoms with Crippen molar-refractivity contribution in [3.63, 3.8) is 0 Å². The normalized spacial score (nSPS) is 19.8. The molecular weight excluding hydrogens is 320 g/mol. The van der Waals surface area contributed by atoms with E-state index in [4.69, 9.17) is 14.7 Å². The Morgan fingerprint density at radius 3 is 2.72 bits per heavy atom. The third-order valence-electron chi connectivity index (χ3n) is 4.46. The Morgan fingerprint density at radius 2 is 2.04 bits per heavy atom. The van der Waals surface area contributed by atoms with Crippen LogP contribution in [-0.2, 0) is 20.9 Å². The highest BCUT2D eigenvalue weighted by molar-refractivity contribution is 5.78. The van der Waals surface area contributed by atoms with Crippen LogP contribution in [0.25, 0.3) is 0 Å². The lowest BCUT2D eigenvalue weighted by Gasteiger charge is -2.40. The SMILES string of the molecule is CCOC(=O)C1(CCC#N)CCCN(C(=O)OCc2ccccc2)C1. The van der Waals surface area contributed by atoms with E-state index in [2.05, 4.69) is 6.07 Å². The molecule has 6 heteroatoms. The van der Waals surface area contributed by atoms with E-state index < -0.39 is 11.5 Å². The molecule has 1 heterocycles. The fourth-order valence-corrected chi connectivity index (χ4v) is 3.15. The molecule has 2 rings (SSSR count). The molecule has 0 radical (unpaired) electrons. The van der Waals surface area contributed by atoms with E-state index in [9.17, 15) is 9.59 Å². The maximum atomic E-state index is 12.5. The Morgan fingerprint density at radius 1 is 1.28 bits per heavy atom. The Hall–Kier alpha value is -2.55. The average molecular weight is 344 g/mol. The molecule has 1 unspecified atom stereocenters. The van der Waals surface area contributed by atoms with Crippen LogP contribution in [0.4, 0.5) is 4.79 Å². The van der Waals surface area contributed by atoms with Gasteiger partial charge in [0.2, 0.25) is 0 Å². The van der Waals surface area contributed by atoms with Crippen molar-refractivity contribution in [2.45, 2.75) is 39.2 Å². The third-order valence-corrected chi connectivity index (χ3v) is 4.46. The van der Waals surface area contributed by atoms with Crippen molar-refractivity contribution >= 4 is 12.1 Å². The summed E-state index contributed by atoms with van der Waals surface area (Å²) in [4.78, 5) is 26.4. The van der Waals surface area contributed by atoms with Crippen LogP contribution in [0.5, 0.6) is 0 Å². The molecule has 0 aliphatic carbocycles. The number of carbonyl (C=O) groups excluding carboxylic acids is 2. The maximum absolute atomic E-state index is 12.5. The van der Waals surface area contributed by atoms with Crippen LogP contribution in [0.2, 0.25) is 0 Å². The molecule has 6 nitrogen and oxygen atoms in total. The number of nitrogens with zero attached hydrogens (tertiary/aromatic N) is 2. The van der Waals surface area contributed by atoms with Gasteiger partial charge in [0.1, 0.15) is 6.61 Å². The first-order chi connectivity index (χ1) is 12.1. The second kappa shape index (κ2) is 9.07. The molecule has 1 saturated heterocycles. The summed E-state index contributed by atoms with van der Waals surface area (Å²) in [5.41, 5.74) is 0.101. The van der Waals surface area contributed by atoms with E-state index in [0.29, 0.717) is 25.8 Å². The fourth-order valence-electron chi connectivity index (χ4n) is 3.15. The Balaban J connectivity index is 2.02. The zero-order valence-corrected chi connectivity index (χ0v) is 14.6. The summed E-state index contributed by atoms with van der Waals surface area (Å²) in [6.07, 6.45) is 1.52. The molecule has 1 aromatic carbocycles. The van der Waals surface area contributed by atoms with E-state index in [1.54, 1.807) is 11.8 Å². The molecule has 0 spiro atoms. The number of hydrogen-bond donors (Lipinski definition) is 0. The van der Waals surface area contributed by atoms with Gasteiger partial charge in [0, 0.05) is 19.5 Å². The number of hydrogen-bond acceptors (Lipinski definition) is 5. The highest BCUT2D eigenvalue weighted by atomic mass is 16.6. The lowest BCUT2D eigenvalue weighted by Crippen LogP contribution is -2.50. The van der Waals surface area contributed by atoms with Crippen LogP contribution in [-0.4, -0.2) is 36.7 Å². The summed E-state index contributed by atoms with van der Waals surface area (Å²) in [7, 11) is 0. The number of piperidine rings is 1. The molecular formula is C19H24N2O4. The number of benzene rings is 1. The topological polar surface area (TPSA) is 79.6 Å². The quantitative estimate of drug-likeness (QED) is 0.740. The molecule has 1 atom stereocenters. The van der Waals surface area contributed by atoms with E-state index in [0.717, 1.165) is 5.56 Å². The smallest absolute Gasteiger partial charge is 0.410 e. The monoisotopic (exact) mass is 344 g/mol. The molecule has 1 aromatic rings. The van der Waals surface area contributed by atoms with Gasteiger partial charge in [-0.2, -0.15) is 5.26 Å². The zero-order valence-electron chi connectivity index (χ0n) is 14.6. The van der Waals surface area contributed by atoms with Gasteiger partial charge in [-0.25, -0.2) is 4.79 Å². The third kappa shape index (κ3) is 4.96. The van der Waals surface area contributed by atoms with Gasteiger partial charge in [-0.1, -0.05) is 30.3 Å². The molecule has 25 heavy (non-hydrogen) atoms. The fraction of sp³-hybridized carbons (Fsp3) is 0.526. The van der Waals surface area contributed by atoms with Crippen LogP contribution >= 0.6 is 0 Å². The van der Waals surface area contributed by atoms with Gasteiger partial charge in [-0.15, -0.1) is 0 Å². The Kier molecular flexibility index (Phi) is 6.81. The molecule has 1 amide bonds. The minimum Gasteiger partial charge on any atom is -0.466 e. The predicted octanol–water partition coefficient (Wildman–Crippen LogP) is 3.27. The highest BCUT2D eigenvalue weighted by Crippen LogP contribution is 2.36. The van der Waals surface area contributed by atoms with E-state index in [-0.39, 0.29) is 32.1 Å². The van der Waals surface area contributed by atoms with Crippen molar-refractivity contribution in [2.75, 3.05) is 19.7 Å². The number of nitriles is 1. The molecule has 0 aromatic heterocycles. The molecule has 0 bridgehead atoms. The summed E-state index contributed by atoms with van der Waals surface area (Å²) in [5, 5.41) is 8.90. The molecule has 1 aliphatic heterocycles. The summed E-state index contributed by atoms with van der Waals surface area (Å²) >= 11 is 0. The average Bonchev–Trinajstić information content (AvgIpc) is 2.65. The van der Waals surface area contributed by atoms with Crippen molar-refractivity contribution in [1.29, 1.82) is 5.26 Å². The van der Waals surface area contributed by atoms with Crippen LogP contribution < -0.4 is 0 Å². The summed E-state index contributed by atoms with van der Waals surface area (Å²) < 4.78 is 10.6. The maximum Gasteiger partial charge on any atom is 0.410 e. The van der Waals surface area contributed by atoms with Crippen molar-refractivity contribution < 1.29 is 19.1 Å². The molecule has 1 fully saturated rings. The number of carbonyl (C=O) groups is 2. The number of likely N-dealkylation sites (tertiary alicyclic amines) is 1. The number of ether oxygens (including phenoxy) is 2. The van der Waals surface area contributed by atoms with Crippen molar-refractivity contribution in [3.8, 4) is 6.07 Å². The van der Waals surface area contributed by atoms with Crippen molar-refractivity contribution in [3.05, 3.63) is 35.9 Å². The summed E-state index contributed by atoms with van der Waals surface area (Å²) in [6, 6.07) is 11.5. The van der Waals surface area contributed by atoms with Crippen molar-refractivity contribution in [1.82, 2.24) is 4.90 Å². The first-order valence-corrected chi connectivity index (χ1v) is 8.61. The Labute approximate surface area is 148 Å². The second-order valence-electron chi connectivity index (χ2n) is 6.22. The largest absolute Gasteiger partial charge is 0.466 e. The van der Waals surface area contributed by atoms with Gasteiger partial charge in [0.25, 0.3) is 0 Å². The number of amides is 1. The van der Waals surface area contributed by atoms with Crippen LogP contribution in [0.3, 0.4) is 0 Å². The number of esters is 1. The minimum absolute atomic E-state index is 0.195. The predicted molar refractivity (Wildman–Crippen MR) is 91.3 cm³/mol. The van der Waals surface area contributed by atoms with Gasteiger partial charge < -0.3 is 14.4 Å².